The number of anilines is 1. The average molecular weight is 407 g/mol. The summed E-state index contributed by atoms with van der Waals surface area (Å²) in [6.07, 6.45) is 2.50. The van der Waals surface area contributed by atoms with Gasteiger partial charge in [0.15, 0.2) is 5.82 Å². The molecular weight excluding hydrogens is 376 g/mol. The number of aromatic nitrogens is 2. The Kier molecular flexibility index (Phi) is 5.62. The van der Waals surface area contributed by atoms with E-state index in [0.717, 1.165) is 53.8 Å². The van der Waals surface area contributed by atoms with E-state index in [1.807, 2.05) is 39.0 Å². The van der Waals surface area contributed by atoms with Crippen LogP contribution in [0.3, 0.4) is 0 Å². The lowest BCUT2D eigenvalue weighted by Gasteiger charge is -2.18. The molecule has 6 nitrogen and oxygen atoms in total. The predicted molar refractivity (Wildman–Crippen MR) is 121 cm³/mol. The van der Waals surface area contributed by atoms with Crippen LogP contribution in [0.1, 0.15) is 37.8 Å². The molecular formula is C24H30N4O2. The standard InChI is InChI=1S/C24H30N4O2/c1-15-4-7-21(29)19(12-15)23-27-20-6-5-16(8-10-24(2,3)30)13-18(20)22(28-23)26-17-9-11-25-14-17/h4-7,12-13,17,25,29-30H,8-11,14H2,1-3H3,(H,26,27,28)/t17-/m0/s1. The van der Waals surface area contributed by atoms with Gasteiger partial charge < -0.3 is 20.8 Å². The number of hydrogen-bond acceptors (Lipinski definition) is 6. The fourth-order valence-electron chi connectivity index (χ4n) is 3.81. The van der Waals surface area contributed by atoms with E-state index in [-0.39, 0.29) is 5.75 Å². The zero-order valence-electron chi connectivity index (χ0n) is 17.9. The molecule has 0 unspecified atom stereocenters. The second-order valence-electron chi connectivity index (χ2n) is 8.91. The van der Waals surface area contributed by atoms with Crippen molar-refractivity contribution in [2.24, 2.45) is 0 Å². The smallest absolute Gasteiger partial charge is 0.165 e. The van der Waals surface area contributed by atoms with E-state index in [2.05, 4.69) is 22.8 Å². The molecule has 158 valence electrons. The molecule has 4 rings (SSSR count). The number of aryl methyl sites for hydroxylation is 2. The van der Waals surface area contributed by atoms with Crippen LogP contribution in [0.25, 0.3) is 22.3 Å². The molecule has 1 aliphatic heterocycles. The van der Waals surface area contributed by atoms with Crippen molar-refractivity contribution in [2.45, 2.75) is 51.7 Å². The number of nitrogens with zero attached hydrogens (tertiary/aromatic N) is 2. The summed E-state index contributed by atoms with van der Waals surface area (Å²) in [4.78, 5) is 9.58. The summed E-state index contributed by atoms with van der Waals surface area (Å²) < 4.78 is 0. The summed E-state index contributed by atoms with van der Waals surface area (Å²) in [5.41, 5.74) is 2.96. The summed E-state index contributed by atoms with van der Waals surface area (Å²) in [6, 6.07) is 12.0. The largest absolute Gasteiger partial charge is 0.507 e. The Labute approximate surface area is 177 Å². The van der Waals surface area contributed by atoms with Crippen LogP contribution in [0.15, 0.2) is 36.4 Å². The minimum absolute atomic E-state index is 0.176. The first kappa shape index (κ1) is 20.6. The number of benzene rings is 2. The fourth-order valence-corrected chi connectivity index (χ4v) is 3.81. The third-order valence-corrected chi connectivity index (χ3v) is 5.58. The van der Waals surface area contributed by atoms with Gasteiger partial charge in [-0.1, -0.05) is 17.7 Å². The maximum atomic E-state index is 10.4. The molecule has 3 aromatic rings. The molecule has 0 bridgehead atoms. The number of rotatable bonds is 6. The molecule has 6 heteroatoms. The highest BCUT2D eigenvalue weighted by molar-refractivity contribution is 5.91. The van der Waals surface area contributed by atoms with Gasteiger partial charge >= 0.3 is 0 Å². The van der Waals surface area contributed by atoms with Crippen molar-refractivity contribution in [1.29, 1.82) is 0 Å². The van der Waals surface area contributed by atoms with Gasteiger partial charge in [0.05, 0.1) is 16.7 Å². The van der Waals surface area contributed by atoms with E-state index < -0.39 is 5.60 Å². The summed E-state index contributed by atoms with van der Waals surface area (Å²) >= 11 is 0. The summed E-state index contributed by atoms with van der Waals surface area (Å²) in [5, 5.41) is 28.4. The Morgan fingerprint density at radius 3 is 2.73 bits per heavy atom. The quantitative estimate of drug-likeness (QED) is 0.498. The first-order valence-electron chi connectivity index (χ1n) is 10.6. The molecule has 0 saturated carbocycles. The van der Waals surface area contributed by atoms with E-state index in [4.69, 9.17) is 9.97 Å². The van der Waals surface area contributed by atoms with Crippen LogP contribution in [0.5, 0.6) is 5.75 Å². The molecule has 0 spiro atoms. The second-order valence-corrected chi connectivity index (χ2v) is 8.91. The van der Waals surface area contributed by atoms with Crippen LogP contribution in [0, 0.1) is 6.92 Å². The highest BCUT2D eigenvalue weighted by atomic mass is 16.3. The minimum Gasteiger partial charge on any atom is -0.507 e. The van der Waals surface area contributed by atoms with E-state index in [1.54, 1.807) is 6.07 Å². The van der Waals surface area contributed by atoms with E-state index in [0.29, 0.717) is 23.9 Å². The lowest BCUT2D eigenvalue weighted by Crippen LogP contribution is -2.23. The summed E-state index contributed by atoms with van der Waals surface area (Å²) in [5.74, 6) is 1.48. The molecule has 1 atom stereocenters. The van der Waals surface area contributed by atoms with Crippen LogP contribution < -0.4 is 10.6 Å². The van der Waals surface area contributed by atoms with Crippen molar-refractivity contribution in [1.82, 2.24) is 15.3 Å². The van der Waals surface area contributed by atoms with Crippen LogP contribution in [-0.4, -0.2) is 44.9 Å². The van der Waals surface area contributed by atoms with Crippen LogP contribution in [0.4, 0.5) is 5.82 Å². The van der Waals surface area contributed by atoms with Gasteiger partial charge in [0.25, 0.3) is 0 Å². The average Bonchev–Trinajstić information content (AvgIpc) is 3.20. The van der Waals surface area contributed by atoms with Crippen molar-refractivity contribution < 1.29 is 10.2 Å². The molecule has 2 aromatic carbocycles. The van der Waals surface area contributed by atoms with Crippen molar-refractivity contribution in [3.05, 3.63) is 47.5 Å². The molecule has 1 aliphatic rings. The normalized spacial score (nSPS) is 16.9. The van der Waals surface area contributed by atoms with Gasteiger partial charge in [-0.2, -0.15) is 0 Å². The fraction of sp³-hybridized carbons (Fsp3) is 0.417. The maximum Gasteiger partial charge on any atom is 0.165 e. The Morgan fingerprint density at radius 1 is 1.17 bits per heavy atom. The van der Waals surface area contributed by atoms with Gasteiger partial charge in [-0.15, -0.1) is 0 Å². The second kappa shape index (κ2) is 8.20. The third-order valence-electron chi connectivity index (χ3n) is 5.58. The zero-order valence-corrected chi connectivity index (χ0v) is 17.9. The highest BCUT2D eigenvalue weighted by Gasteiger charge is 2.19. The molecule has 0 radical (unpaired) electrons. The van der Waals surface area contributed by atoms with Gasteiger partial charge in [0, 0.05) is 18.0 Å². The van der Waals surface area contributed by atoms with Gasteiger partial charge in [-0.05, 0) is 76.4 Å². The lowest BCUT2D eigenvalue weighted by atomic mass is 9.98. The molecule has 4 N–H and O–H groups in total. The first-order chi connectivity index (χ1) is 14.3. The Hall–Kier alpha value is -2.70. The Bertz CT molecular complexity index is 1050. The van der Waals surface area contributed by atoms with Crippen molar-refractivity contribution in [2.75, 3.05) is 18.4 Å². The lowest BCUT2D eigenvalue weighted by molar-refractivity contribution is 0.0714. The number of fused-ring (bicyclic) bond motifs is 1. The molecule has 0 amide bonds. The van der Waals surface area contributed by atoms with Gasteiger partial charge in [-0.3, -0.25) is 0 Å². The Balaban J connectivity index is 1.78. The van der Waals surface area contributed by atoms with E-state index in [1.165, 1.54) is 0 Å². The van der Waals surface area contributed by atoms with Crippen LogP contribution in [0.2, 0.25) is 0 Å². The van der Waals surface area contributed by atoms with Gasteiger partial charge in [0.2, 0.25) is 0 Å². The summed E-state index contributed by atoms with van der Waals surface area (Å²) in [7, 11) is 0. The first-order valence-corrected chi connectivity index (χ1v) is 10.6. The Morgan fingerprint density at radius 2 is 2.00 bits per heavy atom. The van der Waals surface area contributed by atoms with Crippen molar-refractivity contribution in [3.8, 4) is 17.1 Å². The highest BCUT2D eigenvalue weighted by Crippen LogP contribution is 2.32. The minimum atomic E-state index is -0.700. The predicted octanol–water partition coefficient (Wildman–Crippen LogP) is 3.79. The molecule has 1 fully saturated rings. The molecule has 30 heavy (non-hydrogen) atoms. The molecule has 2 heterocycles. The van der Waals surface area contributed by atoms with E-state index >= 15 is 0 Å². The van der Waals surface area contributed by atoms with Gasteiger partial charge in [0.1, 0.15) is 11.6 Å². The number of aliphatic hydroxyl groups is 1. The van der Waals surface area contributed by atoms with Crippen LogP contribution >= 0.6 is 0 Å². The van der Waals surface area contributed by atoms with Crippen molar-refractivity contribution >= 4 is 16.7 Å². The number of nitrogens with one attached hydrogen (secondary N) is 2. The number of phenolic OH excluding ortho intramolecular Hbond substituents is 1. The molecule has 1 saturated heterocycles. The monoisotopic (exact) mass is 406 g/mol. The zero-order chi connectivity index (χ0) is 21.3. The maximum absolute atomic E-state index is 10.4. The molecule has 0 aliphatic carbocycles. The number of phenols is 1. The summed E-state index contributed by atoms with van der Waals surface area (Å²) in [6.45, 7) is 7.54. The SMILES string of the molecule is Cc1ccc(O)c(-c2nc(N[C@H]3CCNC3)c3cc(CCC(C)(C)O)ccc3n2)c1. The van der Waals surface area contributed by atoms with Gasteiger partial charge in [-0.25, -0.2) is 9.97 Å². The molecule has 1 aromatic heterocycles. The third kappa shape index (κ3) is 4.71. The topological polar surface area (TPSA) is 90.3 Å². The number of aromatic hydroxyl groups is 1. The van der Waals surface area contributed by atoms with Crippen LogP contribution in [-0.2, 0) is 6.42 Å². The number of hydrogen-bond donors (Lipinski definition) is 4. The van der Waals surface area contributed by atoms with Crippen molar-refractivity contribution in [3.63, 3.8) is 0 Å². The van der Waals surface area contributed by atoms with E-state index in [9.17, 15) is 10.2 Å².